The van der Waals surface area contributed by atoms with Gasteiger partial charge in [0.25, 0.3) is 0 Å². The number of carbonyl (C=O) groups is 1. The summed E-state index contributed by atoms with van der Waals surface area (Å²) in [5.74, 6) is 0. The summed E-state index contributed by atoms with van der Waals surface area (Å²) in [6, 6.07) is 4.54. The van der Waals surface area contributed by atoms with Gasteiger partial charge in [0, 0.05) is 12.2 Å². The second kappa shape index (κ2) is 5.99. The number of hydrogen-bond donors (Lipinski definition) is 0. The van der Waals surface area contributed by atoms with E-state index < -0.39 is 5.60 Å². The Bertz CT molecular complexity index is 613. The van der Waals surface area contributed by atoms with Crippen molar-refractivity contribution in [1.29, 1.82) is 0 Å². The largest absolute Gasteiger partial charge is 0.444 e. The lowest BCUT2D eigenvalue weighted by Gasteiger charge is -2.45. The summed E-state index contributed by atoms with van der Waals surface area (Å²) < 4.78 is 5.61. The third-order valence-corrected chi connectivity index (χ3v) is 4.48. The molecule has 1 aromatic rings. The molecule has 1 aromatic heterocycles. The number of rotatable bonds is 1. The zero-order valence-corrected chi connectivity index (χ0v) is 14.5. The second-order valence-corrected chi connectivity index (χ2v) is 7.66. The van der Waals surface area contributed by atoms with Gasteiger partial charge in [0.1, 0.15) is 5.60 Å². The highest BCUT2D eigenvalue weighted by Crippen LogP contribution is 2.37. The van der Waals surface area contributed by atoms with E-state index in [1.807, 2.05) is 38.8 Å². The highest BCUT2D eigenvalue weighted by molar-refractivity contribution is 5.74. The normalized spacial score (nSPS) is 24.2. The first-order valence-electron chi connectivity index (χ1n) is 8.48. The maximum atomic E-state index is 12.6. The lowest BCUT2D eigenvalue weighted by Crippen LogP contribution is -2.53. The minimum absolute atomic E-state index is 0.135. The predicted molar refractivity (Wildman–Crippen MR) is 91.1 cm³/mol. The number of aryl methyl sites for hydroxylation is 1. The summed E-state index contributed by atoms with van der Waals surface area (Å²) in [5.41, 5.74) is 3.02. The molecule has 2 unspecified atom stereocenters. The van der Waals surface area contributed by atoms with E-state index in [0.717, 1.165) is 25.0 Å². The number of nitrogens with zero attached hydrogens (tertiary/aromatic N) is 2. The molecule has 23 heavy (non-hydrogen) atoms. The molecule has 2 aliphatic rings. The summed E-state index contributed by atoms with van der Waals surface area (Å²) in [4.78, 5) is 19.1. The average molecular weight is 314 g/mol. The molecule has 4 nitrogen and oxygen atoms in total. The topological polar surface area (TPSA) is 42.4 Å². The van der Waals surface area contributed by atoms with Crippen LogP contribution in [0.3, 0.4) is 0 Å². The summed E-state index contributed by atoms with van der Waals surface area (Å²) in [6.45, 7) is 7.80. The highest BCUT2D eigenvalue weighted by atomic mass is 16.6. The minimum Gasteiger partial charge on any atom is -0.444 e. The lowest BCUT2D eigenvalue weighted by atomic mass is 9.84. The Balaban J connectivity index is 1.84. The Morgan fingerprint density at radius 1 is 1.30 bits per heavy atom. The van der Waals surface area contributed by atoms with Gasteiger partial charge in [0.05, 0.1) is 11.7 Å². The van der Waals surface area contributed by atoms with Gasteiger partial charge in [0.15, 0.2) is 0 Å². The van der Waals surface area contributed by atoms with E-state index in [0.29, 0.717) is 0 Å². The van der Waals surface area contributed by atoms with Crippen molar-refractivity contribution < 1.29 is 9.53 Å². The van der Waals surface area contributed by atoms with Crippen molar-refractivity contribution in [3.63, 3.8) is 0 Å². The number of amides is 1. The Morgan fingerprint density at radius 2 is 2.09 bits per heavy atom. The minimum atomic E-state index is -0.451. The number of fused-ring (bicyclic) bond motifs is 2. The van der Waals surface area contributed by atoms with Gasteiger partial charge in [0.2, 0.25) is 0 Å². The maximum Gasteiger partial charge on any atom is 0.411 e. The van der Waals surface area contributed by atoms with Gasteiger partial charge in [-0.05, 0) is 70.6 Å². The molecule has 2 atom stereocenters. The van der Waals surface area contributed by atoms with E-state index in [9.17, 15) is 4.79 Å². The van der Waals surface area contributed by atoms with Crippen LogP contribution in [0, 0.1) is 6.92 Å². The molecule has 4 heteroatoms. The van der Waals surface area contributed by atoms with Gasteiger partial charge in [-0.2, -0.15) is 0 Å². The molecular formula is C19H26N2O2. The fourth-order valence-corrected chi connectivity index (χ4v) is 3.48. The van der Waals surface area contributed by atoms with Crippen LogP contribution >= 0.6 is 0 Å². The van der Waals surface area contributed by atoms with Crippen LogP contribution in [0.1, 0.15) is 57.7 Å². The van der Waals surface area contributed by atoms with Gasteiger partial charge in [-0.3, -0.25) is 9.88 Å². The molecule has 0 aliphatic carbocycles. The van der Waals surface area contributed by atoms with Crippen molar-refractivity contribution in [2.24, 2.45) is 0 Å². The number of pyridine rings is 1. The van der Waals surface area contributed by atoms with E-state index >= 15 is 0 Å². The number of carbonyl (C=O) groups excluding carboxylic acids is 1. The highest BCUT2D eigenvalue weighted by Gasteiger charge is 2.39. The van der Waals surface area contributed by atoms with E-state index in [-0.39, 0.29) is 18.2 Å². The molecule has 3 heterocycles. The summed E-state index contributed by atoms with van der Waals surface area (Å²) in [5, 5.41) is 0. The van der Waals surface area contributed by atoms with E-state index in [2.05, 4.69) is 23.2 Å². The van der Waals surface area contributed by atoms with Gasteiger partial charge >= 0.3 is 6.09 Å². The van der Waals surface area contributed by atoms with E-state index in [4.69, 9.17) is 4.74 Å². The molecule has 3 rings (SSSR count). The van der Waals surface area contributed by atoms with Gasteiger partial charge in [-0.15, -0.1) is 0 Å². The first kappa shape index (κ1) is 16.0. The molecule has 0 radical (unpaired) electrons. The van der Waals surface area contributed by atoms with Crippen molar-refractivity contribution >= 4 is 11.7 Å². The molecular weight excluding hydrogens is 288 g/mol. The van der Waals surface area contributed by atoms with Crippen molar-refractivity contribution in [3.8, 4) is 0 Å². The zero-order valence-electron chi connectivity index (χ0n) is 14.5. The van der Waals surface area contributed by atoms with Crippen molar-refractivity contribution in [1.82, 2.24) is 9.88 Å². The molecule has 1 fully saturated rings. The average Bonchev–Trinajstić information content (AvgIpc) is 2.44. The molecule has 1 saturated heterocycles. The first-order chi connectivity index (χ1) is 10.8. The van der Waals surface area contributed by atoms with Crippen LogP contribution in [-0.2, 0) is 4.74 Å². The molecule has 2 bridgehead atoms. The van der Waals surface area contributed by atoms with Crippen LogP contribution in [-0.4, -0.2) is 33.7 Å². The van der Waals surface area contributed by atoms with Crippen LogP contribution in [0.15, 0.2) is 24.4 Å². The molecule has 2 aliphatic heterocycles. The van der Waals surface area contributed by atoms with Crippen LogP contribution in [0.2, 0.25) is 0 Å². The summed E-state index contributed by atoms with van der Waals surface area (Å²) in [6.07, 6.45) is 8.03. The maximum absolute atomic E-state index is 12.6. The van der Waals surface area contributed by atoms with E-state index in [1.54, 1.807) is 0 Å². The molecule has 124 valence electrons. The number of aromatic nitrogens is 1. The van der Waals surface area contributed by atoms with Crippen molar-refractivity contribution in [2.45, 2.75) is 71.1 Å². The van der Waals surface area contributed by atoms with E-state index in [1.165, 1.54) is 17.6 Å². The standard InChI is InChI=1S/C19H26N2O2/c1-13-8-9-17(20-12-13)14-10-15-6-5-7-16(11-14)21(15)18(22)23-19(2,3)4/h8-10,12,15-16H,5-7,11H2,1-4H3. The summed E-state index contributed by atoms with van der Waals surface area (Å²) >= 11 is 0. The quantitative estimate of drug-likeness (QED) is 0.774. The van der Waals surface area contributed by atoms with Crippen LogP contribution < -0.4 is 0 Å². The third-order valence-electron chi connectivity index (χ3n) is 4.48. The third kappa shape index (κ3) is 3.57. The molecule has 0 aromatic carbocycles. The van der Waals surface area contributed by atoms with Gasteiger partial charge < -0.3 is 4.74 Å². The summed E-state index contributed by atoms with van der Waals surface area (Å²) in [7, 11) is 0. The predicted octanol–water partition coefficient (Wildman–Crippen LogP) is 4.34. The lowest BCUT2D eigenvalue weighted by molar-refractivity contribution is 0.0000675. The number of hydrogen-bond acceptors (Lipinski definition) is 3. The Kier molecular flexibility index (Phi) is 4.17. The van der Waals surface area contributed by atoms with Crippen LogP contribution in [0.25, 0.3) is 5.57 Å². The monoisotopic (exact) mass is 314 g/mol. The first-order valence-corrected chi connectivity index (χ1v) is 8.48. The zero-order chi connectivity index (χ0) is 16.6. The number of piperidine rings is 1. The molecule has 0 N–H and O–H groups in total. The molecule has 1 amide bonds. The molecule has 0 saturated carbocycles. The Morgan fingerprint density at radius 3 is 2.70 bits per heavy atom. The fourth-order valence-electron chi connectivity index (χ4n) is 3.48. The van der Waals surface area contributed by atoms with Crippen molar-refractivity contribution in [2.75, 3.05) is 0 Å². The van der Waals surface area contributed by atoms with Gasteiger partial charge in [-0.25, -0.2) is 4.79 Å². The van der Waals surface area contributed by atoms with Crippen LogP contribution in [0.5, 0.6) is 0 Å². The molecule has 0 spiro atoms. The van der Waals surface area contributed by atoms with Crippen LogP contribution in [0.4, 0.5) is 4.79 Å². The smallest absolute Gasteiger partial charge is 0.411 e. The number of ether oxygens (including phenoxy) is 1. The van der Waals surface area contributed by atoms with Crippen molar-refractivity contribution in [3.05, 3.63) is 35.7 Å². The Hall–Kier alpha value is -1.84. The van der Waals surface area contributed by atoms with Gasteiger partial charge in [-0.1, -0.05) is 12.1 Å². The SMILES string of the molecule is Cc1ccc(C2=CC3CCCC(C2)N3C(=O)OC(C)(C)C)nc1. The fraction of sp³-hybridized carbons (Fsp3) is 0.579. The second-order valence-electron chi connectivity index (χ2n) is 7.66. The Labute approximate surface area is 138 Å².